The fourth-order valence-corrected chi connectivity index (χ4v) is 5.76. The maximum absolute atomic E-state index is 6.45. The van der Waals surface area contributed by atoms with Crippen LogP contribution in [0.4, 0.5) is 0 Å². The summed E-state index contributed by atoms with van der Waals surface area (Å²) < 4.78 is 12.9. The second-order valence-corrected chi connectivity index (χ2v) is 12.1. The van der Waals surface area contributed by atoms with Crippen molar-refractivity contribution in [2.45, 2.75) is 142 Å². The van der Waals surface area contributed by atoms with E-state index in [0.717, 1.165) is 60.1 Å². The van der Waals surface area contributed by atoms with Gasteiger partial charge in [-0.1, -0.05) is 129 Å². The van der Waals surface area contributed by atoms with Gasteiger partial charge >= 0.3 is 0 Å². The number of ether oxygens (including phenoxy) is 2. The zero-order valence-electron chi connectivity index (χ0n) is 27.0. The summed E-state index contributed by atoms with van der Waals surface area (Å²) in [7, 11) is 0. The van der Waals surface area contributed by atoms with E-state index in [-0.39, 0.29) is 0 Å². The molecule has 3 rings (SSSR count). The van der Waals surface area contributed by atoms with Gasteiger partial charge < -0.3 is 19.4 Å². The first-order valence-electron chi connectivity index (χ1n) is 17.5. The van der Waals surface area contributed by atoms with Crippen LogP contribution in [0.3, 0.4) is 0 Å². The molecule has 4 nitrogen and oxygen atoms in total. The molecule has 0 bridgehead atoms. The van der Waals surface area contributed by atoms with Crippen LogP contribution in [0.1, 0.15) is 142 Å². The maximum atomic E-state index is 6.45. The van der Waals surface area contributed by atoms with Crippen LogP contribution in [-0.2, 0) is 0 Å². The third-order valence-corrected chi connectivity index (χ3v) is 8.37. The van der Waals surface area contributed by atoms with Crippen molar-refractivity contribution in [1.82, 2.24) is 9.97 Å². The molecule has 42 heavy (non-hydrogen) atoms. The molecule has 2 N–H and O–H groups in total. The molecule has 0 spiro atoms. The number of benzene rings is 1. The lowest BCUT2D eigenvalue weighted by Gasteiger charge is -2.17. The molecule has 1 aromatic carbocycles. The van der Waals surface area contributed by atoms with E-state index in [0.29, 0.717) is 0 Å². The molecule has 0 radical (unpaired) electrons. The smallest absolute Gasteiger partial charge is 0.129 e. The minimum Gasteiger partial charge on any atom is -0.493 e. The summed E-state index contributed by atoms with van der Waals surface area (Å²) in [6, 6.07) is 12.7. The molecule has 234 valence electrons. The van der Waals surface area contributed by atoms with Crippen molar-refractivity contribution in [3.05, 3.63) is 48.8 Å². The van der Waals surface area contributed by atoms with Crippen LogP contribution in [0.25, 0.3) is 22.5 Å². The Morgan fingerprint density at radius 2 is 0.786 bits per heavy atom. The fourth-order valence-electron chi connectivity index (χ4n) is 5.76. The highest BCUT2D eigenvalue weighted by atomic mass is 16.5. The van der Waals surface area contributed by atoms with Crippen LogP contribution >= 0.6 is 0 Å². The largest absolute Gasteiger partial charge is 0.493 e. The van der Waals surface area contributed by atoms with E-state index in [1.165, 1.54) is 116 Å². The average molecular weight is 577 g/mol. The minimum absolute atomic E-state index is 0.743. The summed E-state index contributed by atoms with van der Waals surface area (Å²) in [5.41, 5.74) is 4.27. The van der Waals surface area contributed by atoms with Crippen LogP contribution in [0, 0.1) is 0 Å². The highest BCUT2D eigenvalue weighted by Gasteiger charge is 2.16. The van der Waals surface area contributed by atoms with E-state index < -0.39 is 0 Å². The normalized spacial score (nSPS) is 11.3. The van der Waals surface area contributed by atoms with E-state index >= 15 is 0 Å². The van der Waals surface area contributed by atoms with Crippen molar-refractivity contribution in [3.8, 4) is 34.0 Å². The Kier molecular flexibility index (Phi) is 17.7. The molecule has 3 aromatic rings. The summed E-state index contributed by atoms with van der Waals surface area (Å²) in [4.78, 5) is 6.77. The fraction of sp³-hybridized carbons (Fsp3) is 0.632. The predicted octanol–water partition coefficient (Wildman–Crippen LogP) is 12.3. The first-order valence-corrected chi connectivity index (χ1v) is 17.5. The molecule has 0 saturated heterocycles. The maximum Gasteiger partial charge on any atom is 0.129 e. The summed E-state index contributed by atoms with van der Waals surface area (Å²) in [6.45, 7) is 6.05. The Labute approximate surface area is 257 Å². The van der Waals surface area contributed by atoms with Crippen LogP contribution in [-0.4, -0.2) is 23.2 Å². The van der Waals surface area contributed by atoms with Crippen molar-refractivity contribution in [1.29, 1.82) is 0 Å². The van der Waals surface area contributed by atoms with E-state index in [9.17, 15) is 0 Å². The average Bonchev–Trinajstić information content (AvgIpc) is 3.74. The number of aromatic amines is 2. The lowest BCUT2D eigenvalue weighted by atomic mass is 10.0. The monoisotopic (exact) mass is 576 g/mol. The molecule has 0 aliphatic carbocycles. The Morgan fingerprint density at radius 3 is 1.10 bits per heavy atom. The van der Waals surface area contributed by atoms with Crippen LogP contribution in [0.15, 0.2) is 48.8 Å². The quantitative estimate of drug-likeness (QED) is 0.0934. The SMILES string of the molecule is CCCCCCCCCCCCOc1cc(-c2ccc[nH]2)c(OCCCCCCCCCCCC)cc1-c1ccc[nH]1. The number of rotatable bonds is 26. The number of nitrogens with one attached hydrogen (secondary N) is 2. The molecule has 0 fully saturated rings. The zero-order valence-corrected chi connectivity index (χ0v) is 27.0. The van der Waals surface area contributed by atoms with Crippen LogP contribution < -0.4 is 9.47 Å². The van der Waals surface area contributed by atoms with E-state index in [1.807, 2.05) is 24.5 Å². The number of unbranched alkanes of at least 4 members (excludes halogenated alkanes) is 18. The molecule has 0 unspecified atom stereocenters. The third kappa shape index (κ3) is 13.1. The Balaban J connectivity index is 1.50. The molecule has 0 amide bonds. The lowest BCUT2D eigenvalue weighted by Crippen LogP contribution is -2.03. The van der Waals surface area contributed by atoms with Gasteiger partial charge in [0.2, 0.25) is 0 Å². The molecule has 0 aliphatic heterocycles. The van der Waals surface area contributed by atoms with Gasteiger partial charge in [0.1, 0.15) is 11.5 Å². The molecule has 2 heterocycles. The first kappa shape index (κ1) is 33.9. The van der Waals surface area contributed by atoms with Crippen molar-refractivity contribution >= 4 is 0 Å². The van der Waals surface area contributed by atoms with Gasteiger partial charge in [0, 0.05) is 34.9 Å². The first-order chi connectivity index (χ1) is 20.8. The summed E-state index contributed by atoms with van der Waals surface area (Å²) >= 11 is 0. The highest BCUT2D eigenvalue weighted by molar-refractivity contribution is 5.78. The zero-order chi connectivity index (χ0) is 29.5. The number of aromatic nitrogens is 2. The standard InChI is InChI=1S/C38H60N2O2/c1-3-5-7-9-11-13-15-17-19-21-29-41-37-31-34(36-26-24-28-40-36)38(32-33(37)35-25-23-27-39-35)42-30-22-20-18-16-14-12-10-8-6-4-2/h23-28,31-32,39-40H,3-22,29-30H2,1-2H3. The third-order valence-electron chi connectivity index (χ3n) is 8.37. The van der Waals surface area contributed by atoms with Crippen molar-refractivity contribution in [2.24, 2.45) is 0 Å². The molecular formula is C38H60N2O2. The van der Waals surface area contributed by atoms with Gasteiger partial charge in [-0.3, -0.25) is 0 Å². The van der Waals surface area contributed by atoms with Gasteiger partial charge in [-0.05, 0) is 49.2 Å². The summed E-state index contributed by atoms with van der Waals surface area (Å²) in [5, 5.41) is 0. The van der Waals surface area contributed by atoms with Crippen molar-refractivity contribution in [3.63, 3.8) is 0 Å². The number of hydrogen-bond donors (Lipinski definition) is 2. The molecule has 2 aromatic heterocycles. The van der Waals surface area contributed by atoms with Crippen LogP contribution in [0.5, 0.6) is 11.5 Å². The Hall–Kier alpha value is -2.62. The topological polar surface area (TPSA) is 50.0 Å². The predicted molar refractivity (Wildman–Crippen MR) is 181 cm³/mol. The summed E-state index contributed by atoms with van der Waals surface area (Å²) in [6.07, 6.45) is 30.5. The molecular weight excluding hydrogens is 516 g/mol. The van der Waals surface area contributed by atoms with Gasteiger partial charge in [-0.2, -0.15) is 0 Å². The molecule has 0 saturated carbocycles. The second-order valence-electron chi connectivity index (χ2n) is 12.1. The Bertz CT molecular complexity index is 942. The Morgan fingerprint density at radius 1 is 0.452 bits per heavy atom. The number of H-pyrrole nitrogens is 2. The van der Waals surface area contributed by atoms with Gasteiger partial charge in [0.25, 0.3) is 0 Å². The number of hydrogen-bond acceptors (Lipinski definition) is 2. The van der Waals surface area contributed by atoms with Gasteiger partial charge in [0.15, 0.2) is 0 Å². The van der Waals surface area contributed by atoms with Crippen LogP contribution in [0.2, 0.25) is 0 Å². The van der Waals surface area contributed by atoms with Gasteiger partial charge in [-0.25, -0.2) is 0 Å². The summed E-state index contributed by atoms with van der Waals surface area (Å²) in [5.74, 6) is 1.84. The van der Waals surface area contributed by atoms with E-state index in [1.54, 1.807) is 0 Å². The minimum atomic E-state index is 0.743. The van der Waals surface area contributed by atoms with Gasteiger partial charge in [-0.15, -0.1) is 0 Å². The van der Waals surface area contributed by atoms with Crippen molar-refractivity contribution < 1.29 is 9.47 Å². The van der Waals surface area contributed by atoms with Crippen molar-refractivity contribution in [2.75, 3.05) is 13.2 Å². The second kappa shape index (κ2) is 22.0. The lowest BCUT2D eigenvalue weighted by molar-refractivity contribution is 0.298. The molecule has 4 heteroatoms. The molecule has 0 atom stereocenters. The van der Waals surface area contributed by atoms with E-state index in [2.05, 4.69) is 48.1 Å². The highest BCUT2D eigenvalue weighted by Crippen LogP contribution is 2.40. The van der Waals surface area contributed by atoms with Gasteiger partial charge in [0.05, 0.1) is 13.2 Å². The van der Waals surface area contributed by atoms with E-state index in [4.69, 9.17) is 9.47 Å². The molecule has 0 aliphatic rings.